The van der Waals surface area contributed by atoms with E-state index in [1.165, 1.54) is 6.20 Å². The van der Waals surface area contributed by atoms with Gasteiger partial charge in [0.05, 0.1) is 11.9 Å². The Balaban J connectivity index is 2.67. The summed E-state index contributed by atoms with van der Waals surface area (Å²) in [5, 5.41) is 13.2. The highest BCUT2D eigenvalue weighted by molar-refractivity contribution is 5.95. The summed E-state index contributed by atoms with van der Waals surface area (Å²) in [6.07, 6.45) is 2.25. The molecule has 88 valence electrons. The van der Waals surface area contributed by atoms with E-state index in [1.54, 1.807) is 11.7 Å². The quantitative estimate of drug-likeness (QED) is 0.880. The second-order valence-electron chi connectivity index (χ2n) is 3.85. The molecular weight excluding hydrogens is 216 g/mol. The maximum Gasteiger partial charge on any atom is 0.339 e. The molecule has 0 bridgehead atoms. The first kappa shape index (κ1) is 11.4. The fourth-order valence-corrected chi connectivity index (χ4v) is 1.97. The molecule has 1 N–H and O–H groups in total. The lowest BCUT2D eigenvalue weighted by molar-refractivity contribution is 0.0697. The predicted octanol–water partition coefficient (Wildman–Crippen LogP) is 2.35. The van der Waals surface area contributed by atoms with Crippen molar-refractivity contribution in [2.45, 2.75) is 13.3 Å². The lowest BCUT2D eigenvalue weighted by Gasteiger charge is -2.09. The van der Waals surface area contributed by atoms with Gasteiger partial charge in [0.25, 0.3) is 0 Å². The first-order valence-corrected chi connectivity index (χ1v) is 5.48. The fourth-order valence-electron chi connectivity index (χ4n) is 1.97. The van der Waals surface area contributed by atoms with Crippen LogP contribution in [0.1, 0.15) is 22.8 Å². The zero-order valence-corrected chi connectivity index (χ0v) is 9.84. The molecule has 0 radical (unpaired) electrons. The Morgan fingerprint density at radius 1 is 1.41 bits per heavy atom. The average molecular weight is 230 g/mol. The largest absolute Gasteiger partial charge is 0.478 e. The number of hydrogen-bond acceptors (Lipinski definition) is 2. The molecule has 0 saturated heterocycles. The summed E-state index contributed by atoms with van der Waals surface area (Å²) in [4.78, 5) is 11.2. The molecule has 0 fully saturated rings. The van der Waals surface area contributed by atoms with Crippen molar-refractivity contribution in [3.05, 3.63) is 41.6 Å². The van der Waals surface area contributed by atoms with Crippen LogP contribution < -0.4 is 0 Å². The minimum atomic E-state index is -0.945. The Bertz CT molecular complexity index is 558. The van der Waals surface area contributed by atoms with Gasteiger partial charge >= 0.3 is 5.97 Å². The van der Waals surface area contributed by atoms with E-state index in [1.807, 2.05) is 24.3 Å². The molecule has 0 atom stereocenters. The zero-order chi connectivity index (χ0) is 12.4. The Hall–Kier alpha value is -2.10. The van der Waals surface area contributed by atoms with Gasteiger partial charge in [0.1, 0.15) is 5.56 Å². The highest BCUT2D eigenvalue weighted by atomic mass is 16.4. The summed E-state index contributed by atoms with van der Waals surface area (Å²) in [5.41, 5.74) is 2.97. The molecular formula is C13H14N2O2. The molecule has 17 heavy (non-hydrogen) atoms. The van der Waals surface area contributed by atoms with Crippen LogP contribution in [-0.2, 0) is 13.5 Å². The van der Waals surface area contributed by atoms with Crippen LogP contribution in [0.25, 0.3) is 11.3 Å². The first-order valence-electron chi connectivity index (χ1n) is 5.48. The molecule has 0 spiro atoms. The van der Waals surface area contributed by atoms with Gasteiger partial charge in [-0.2, -0.15) is 5.10 Å². The monoisotopic (exact) mass is 230 g/mol. The lowest BCUT2D eigenvalue weighted by Crippen LogP contribution is -2.02. The molecule has 1 heterocycles. The number of carbonyl (C=O) groups is 1. The fraction of sp³-hybridized carbons (Fsp3) is 0.231. The Morgan fingerprint density at radius 2 is 2.12 bits per heavy atom. The van der Waals surface area contributed by atoms with Crippen molar-refractivity contribution >= 4 is 5.97 Å². The molecule has 0 aliphatic carbocycles. The van der Waals surface area contributed by atoms with Crippen LogP contribution in [0.5, 0.6) is 0 Å². The van der Waals surface area contributed by atoms with Crippen molar-refractivity contribution in [1.82, 2.24) is 9.78 Å². The van der Waals surface area contributed by atoms with Crippen LogP contribution in [0.2, 0.25) is 0 Å². The van der Waals surface area contributed by atoms with Crippen LogP contribution in [0.15, 0.2) is 30.5 Å². The van der Waals surface area contributed by atoms with Crippen LogP contribution in [0.3, 0.4) is 0 Å². The number of rotatable bonds is 3. The lowest BCUT2D eigenvalue weighted by atomic mass is 10.00. The van der Waals surface area contributed by atoms with Gasteiger partial charge in [-0.25, -0.2) is 4.79 Å². The van der Waals surface area contributed by atoms with E-state index < -0.39 is 5.97 Å². The molecule has 1 aromatic carbocycles. The van der Waals surface area contributed by atoms with E-state index >= 15 is 0 Å². The third-order valence-corrected chi connectivity index (χ3v) is 2.82. The highest BCUT2D eigenvalue weighted by Crippen LogP contribution is 2.26. The van der Waals surface area contributed by atoms with Crippen molar-refractivity contribution in [2.75, 3.05) is 0 Å². The summed E-state index contributed by atoms with van der Waals surface area (Å²) < 4.78 is 1.61. The number of nitrogens with zero attached hydrogens (tertiary/aromatic N) is 2. The molecule has 0 amide bonds. The van der Waals surface area contributed by atoms with Crippen molar-refractivity contribution < 1.29 is 9.90 Å². The number of aromatic nitrogens is 2. The number of aromatic carboxylic acids is 1. The molecule has 0 saturated carbocycles. The van der Waals surface area contributed by atoms with Crippen LogP contribution in [0.4, 0.5) is 0 Å². The summed E-state index contributed by atoms with van der Waals surface area (Å²) in [6, 6.07) is 7.81. The number of aryl methyl sites for hydroxylation is 2. The van der Waals surface area contributed by atoms with Gasteiger partial charge in [-0.05, 0) is 12.0 Å². The van der Waals surface area contributed by atoms with Gasteiger partial charge in [-0.3, -0.25) is 4.68 Å². The number of hydrogen-bond donors (Lipinski definition) is 1. The minimum absolute atomic E-state index is 0.244. The topological polar surface area (TPSA) is 55.1 Å². The van der Waals surface area contributed by atoms with Crippen molar-refractivity contribution in [2.24, 2.45) is 7.05 Å². The third kappa shape index (κ3) is 1.93. The molecule has 2 aromatic rings. The maximum atomic E-state index is 11.2. The molecule has 0 unspecified atom stereocenters. The number of carboxylic acids is 1. The van der Waals surface area contributed by atoms with Gasteiger partial charge in [0.2, 0.25) is 0 Å². The summed E-state index contributed by atoms with van der Waals surface area (Å²) >= 11 is 0. The van der Waals surface area contributed by atoms with E-state index in [9.17, 15) is 4.79 Å². The predicted molar refractivity (Wildman–Crippen MR) is 65.0 cm³/mol. The average Bonchev–Trinajstić information content (AvgIpc) is 2.71. The standard InChI is InChI=1S/C13H14N2O2/c1-3-9-6-4-5-7-10(9)12-11(13(16)17)8-14-15(12)2/h4-8H,3H2,1-2H3,(H,16,17). The van der Waals surface area contributed by atoms with Crippen LogP contribution in [-0.4, -0.2) is 20.9 Å². The number of benzene rings is 1. The molecule has 0 aliphatic rings. The minimum Gasteiger partial charge on any atom is -0.478 e. The SMILES string of the molecule is CCc1ccccc1-c1c(C(=O)O)cnn1C. The first-order chi connectivity index (χ1) is 8.15. The van der Waals surface area contributed by atoms with Crippen molar-refractivity contribution in [1.29, 1.82) is 0 Å². The van der Waals surface area contributed by atoms with Crippen LogP contribution in [0, 0.1) is 0 Å². The Labute approximate surface area is 99.5 Å². The molecule has 2 rings (SSSR count). The number of carboxylic acid groups (broad SMARTS) is 1. The second-order valence-corrected chi connectivity index (χ2v) is 3.85. The second kappa shape index (κ2) is 4.41. The van der Waals surface area contributed by atoms with E-state index in [-0.39, 0.29) is 5.56 Å². The van der Waals surface area contributed by atoms with Gasteiger partial charge in [0, 0.05) is 12.6 Å². The summed E-state index contributed by atoms with van der Waals surface area (Å²) in [7, 11) is 1.76. The van der Waals surface area contributed by atoms with Gasteiger partial charge < -0.3 is 5.11 Å². The van der Waals surface area contributed by atoms with Gasteiger partial charge in [-0.15, -0.1) is 0 Å². The normalized spacial score (nSPS) is 10.5. The maximum absolute atomic E-state index is 11.2. The smallest absolute Gasteiger partial charge is 0.339 e. The molecule has 4 heteroatoms. The van der Waals surface area contributed by atoms with E-state index in [4.69, 9.17) is 5.11 Å². The van der Waals surface area contributed by atoms with E-state index in [0.29, 0.717) is 5.69 Å². The molecule has 0 aliphatic heterocycles. The molecule has 4 nitrogen and oxygen atoms in total. The van der Waals surface area contributed by atoms with Crippen LogP contribution >= 0.6 is 0 Å². The zero-order valence-electron chi connectivity index (χ0n) is 9.84. The summed E-state index contributed by atoms with van der Waals surface area (Å²) in [5.74, 6) is -0.945. The van der Waals surface area contributed by atoms with E-state index in [2.05, 4.69) is 12.0 Å². The third-order valence-electron chi connectivity index (χ3n) is 2.82. The van der Waals surface area contributed by atoms with Gasteiger partial charge in [0.15, 0.2) is 0 Å². The Morgan fingerprint density at radius 3 is 2.76 bits per heavy atom. The van der Waals surface area contributed by atoms with E-state index in [0.717, 1.165) is 17.5 Å². The molecule has 1 aromatic heterocycles. The van der Waals surface area contributed by atoms with Crippen molar-refractivity contribution in [3.8, 4) is 11.3 Å². The van der Waals surface area contributed by atoms with Crippen molar-refractivity contribution in [3.63, 3.8) is 0 Å². The summed E-state index contributed by atoms with van der Waals surface area (Å²) in [6.45, 7) is 2.05. The highest BCUT2D eigenvalue weighted by Gasteiger charge is 2.18. The Kier molecular flexibility index (Phi) is 2.95. The van der Waals surface area contributed by atoms with Gasteiger partial charge in [-0.1, -0.05) is 31.2 Å².